The maximum Gasteiger partial charge on any atom is 0.240 e. The van der Waals surface area contributed by atoms with Gasteiger partial charge in [0.25, 0.3) is 0 Å². The summed E-state index contributed by atoms with van der Waals surface area (Å²) in [5.74, 6) is 0.845. The van der Waals surface area contributed by atoms with Gasteiger partial charge >= 0.3 is 0 Å². The minimum Gasteiger partial charge on any atom is -0.207 e. The maximum absolute atomic E-state index is 12.5. The highest BCUT2D eigenvalue weighted by molar-refractivity contribution is 9.10. The molecule has 0 heterocycles. The third-order valence-corrected chi connectivity index (χ3v) is 6.44. The Labute approximate surface area is 128 Å². The quantitative estimate of drug-likeness (QED) is 0.843. The van der Waals surface area contributed by atoms with Crippen molar-refractivity contribution in [2.24, 2.45) is 11.8 Å². The van der Waals surface area contributed by atoms with Crippen LogP contribution in [0.15, 0.2) is 45.8 Å². The largest absolute Gasteiger partial charge is 0.240 e. The van der Waals surface area contributed by atoms with E-state index in [-0.39, 0.29) is 6.04 Å². The molecule has 0 amide bonds. The van der Waals surface area contributed by atoms with Crippen molar-refractivity contribution in [1.82, 2.24) is 4.72 Å². The van der Waals surface area contributed by atoms with E-state index >= 15 is 0 Å². The number of halogens is 1. The van der Waals surface area contributed by atoms with Gasteiger partial charge in [0.15, 0.2) is 0 Å². The van der Waals surface area contributed by atoms with Crippen molar-refractivity contribution in [1.29, 1.82) is 0 Å². The van der Waals surface area contributed by atoms with Crippen LogP contribution < -0.4 is 4.72 Å². The van der Waals surface area contributed by atoms with Crippen LogP contribution in [-0.2, 0) is 10.0 Å². The fourth-order valence-electron chi connectivity index (χ4n) is 3.51. The average molecular weight is 356 g/mol. The van der Waals surface area contributed by atoms with Gasteiger partial charge in [0.05, 0.1) is 4.90 Å². The van der Waals surface area contributed by atoms with Gasteiger partial charge in [-0.2, -0.15) is 0 Å². The molecule has 0 radical (unpaired) electrons. The van der Waals surface area contributed by atoms with Crippen LogP contribution in [0.5, 0.6) is 0 Å². The lowest BCUT2D eigenvalue weighted by atomic mass is 9.82. The molecule has 0 spiro atoms. The minimum absolute atomic E-state index is 0.0779. The van der Waals surface area contributed by atoms with Gasteiger partial charge in [0, 0.05) is 10.5 Å². The Bertz CT molecular complexity index is 608. The summed E-state index contributed by atoms with van der Waals surface area (Å²) in [6, 6.07) is 6.86. The number of hydrogen-bond donors (Lipinski definition) is 1. The Morgan fingerprint density at radius 3 is 2.20 bits per heavy atom. The maximum atomic E-state index is 12.5. The Hall–Kier alpha value is -0.650. The molecular weight excluding hydrogens is 338 g/mol. The summed E-state index contributed by atoms with van der Waals surface area (Å²) < 4.78 is 28.7. The van der Waals surface area contributed by atoms with Crippen LogP contribution >= 0.6 is 15.9 Å². The number of benzene rings is 1. The van der Waals surface area contributed by atoms with Gasteiger partial charge in [-0.05, 0) is 61.8 Å². The van der Waals surface area contributed by atoms with E-state index in [9.17, 15) is 8.42 Å². The molecule has 2 aliphatic rings. The van der Waals surface area contributed by atoms with Crippen LogP contribution in [0.25, 0.3) is 0 Å². The van der Waals surface area contributed by atoms with Gasteiger partial charge in [-0.25, -0.2) is 13.1 Å². The summed E-state index contributed by atoms with van der Waals surface area (Å²) in [7, 11) is -3.42. The molecule has 1 N–H and O–H groups in total. The van der Waals surface area contributed by atoms with Gasteiger partial charge in [0.1, 0.15) is 0 Å². The third-order valence-electron chi connectivity index (χ3n) is 4.44. The molecule has 2 unspecified atom stereocenters. The molecule has 108 valence electrons. The number of hydrogen-bond acceptors (Lipinski definition) is 2. The van der Waals surface area contributed by atoms with E-state index < -0.39 is 10.0 Å². The highest BCUT2D eigenvalue weighted by atomic mass is 79.9. The monoisotopic (exact) mass is 355 g/mol. The molecule has 2 aliphatic carbocycles. The van der Waals surface area contributed by atoms with Crippen LogP contribution in [-0.4, -0.2) is 14.5 Å². The summed E-state index contributed by atoms with van der Waals surface area (Å²) in [5.41, 5.74) is 1.27. The summed E-state index contributed by atoms with van der Waals surface area (Å²) in [4.78, 5) is 0.338. The lowest BCUT2D eigenvalue weighted by molar-refractivity contribution is 0.332. The van der Waals surface area contributed by atoms with Gasteiger partial charge < -0.3 is 0 Å². The lowest BCUT2D eigenvalue weighted by Crippen LogP contribution is -2.43. The standard InChI is InChI=1S/C15H18BrNO2S/c1-10-8-11-2-3-12(9-10)15(11)17-20(18,19)14-6-4-13(16)5-7-14/h4-7,11-12,15,17H,1-3,8-9H2. The summed E-state index contributed by atoms with van der Waals surface area (Å²) in [5, 5.41) is 0. The van der Waals surface area contributed by atoms with Gasteiger partial charge in [-0.1, -0.05) is 28.1 Å². The van der Waals surface area contributed by atoms with Crippen molar-refractivity contribution >= 4 is 26.0 Å². The Morgan fingerprint density at radius 1 is 1.10 bits per heavy atom. The summed E-state index contributed by atoms with van der Waals surface area (Å²) >= 11 is 3.32. The lowest BCUT2D eigenvalue weighted by Gasteiger charge is -2.31. The molecule has 2 fully saturated rings. The fourth-order valence-corrected chi connectivity index (χ4v) is 5.15. The number of allylic oxidation sites excluding steroid dienone is 1. The zero-order chi connectivity index (χ0) is 14.3. The highest BCUT2D eigenvalue weighted by Crippen LogP contribution is 2.44. The van der Waals surface area contributed by atoms with Crippen molar-refractivity contribution in [3.05, 3.63) is 40.9 Å². The molecular formula is C15H18BrNO2S. The molecule has 3 rings (SSSR count). The van der Waals surface area contributed by atoms with E-state index in [1.807, 2.05) is 0 Å². The Balaban J connectivity index is 1.80. The first-order valence-electron chi connectivity index (χ1n) is 6.90. The van der Waals surface area contributed by atoms with Gasteiger partial charge in [-0.15, -0.1) is 0 Å². The SMILES string of the molecule is C=C1CC2CCC(C1)C2NS(=O)(=O)c1ccc(Br)cc1. The first kappa shape index (κ1) is 14.3. The van der Waals surface area contributed by atoms with E-state index in [4.69, 9.17) is 0 Å². The molecule has 0 aliphatic heterocycles. The first-order chi connectivity index (χ1) is 9.45. The molecule has 1 aromatic rings. The van der Waals surface area contributed by atoms with Crippen molar-refractivity contribution in [2.45, 2.75) is 36.6 Å². The average Bonchev–Trinajstić information content (AvgIpc) is 2.62. The smallest absolute Gasteiger partial charge is 0.207 e. The molecule has 0 aromatic heterocycles. The zero-order valence-corrected chi connectivity index (χ0v) is 13.6. The van der Waals surface area contributed by atoms with Gasteiger partial charge in [0.2, 0.25) is 10.0 Å². The molecule has 2 atom stereocenters. The summed E-state index contributed by atoms with van der Waals surface area (Å²) in [6.07, 6.45) is 4.14. The topological polar surface area (TPSA) is 46.2 Å². The third kappa shape index (κ3) is 2.71. The van der Waals surface area contributed by atoms with E-state index in [1.54, 1.807) is 24.3 Å². The molecule has 2 saturated carbocycles. The number of fused-ring (bicyclic) bond motifs is 2. The molecule has 5 heteroatoms. The number of sulfonamides is 1. The minimum atomic E-state index is -3.42. The van der Waals surface area contributed by atoms with E-state index in [2.05, 4.69) is 27.2 Å². The Kier molecular flexibility index (Phi) is 3.77. The number of rotatable bonds is 3. The van der Waals surface area contributed by atoms with Crippen molar-refractivity contribution in [2.75, 3.05) is 0 Å². The van der Waals surface area contributed by atoms with Crippen LogP contribution in [0.3, 0.4) is 0 Å². The second-order valence-electron chi connectivity index (χ2n) is 5.86. The molecule has 20 heavy (non-hydrogen) atoms. The molecule has 3 nitrogen and oxygen atoms in total. The molecule has 1 aromatic carbocycles. The Morgan fingerprint density at radius 2 is 1.65 bits per heavy atom. The summed E-state index contributed by atoms with van der Waals surface area (Å²) in [6.45, 7) is 4.07. The first-order valence-corrected chi connectivity index (χ1v) is 9.18. The fraction of sp³-hybridized carbons (Fsp3) is 0.467. The highest BCUT2D eigenvalue weighted by Gasteiger charge is 2.42. The van der Waals surface area contributed by atoms with Crippen LogP contribution in [0, 0.1) is 11.8 Å². The van der Waals surface area contributed by atoms with Crippen molar-refractivity contribution < 1.29 is 8.42 Å². The van der Waals surface area contributed by atoms with Crippen molar-refractivity contribution in [3.8, 4) is 0 Å². The van der Waals surface area contributed by atoms with E-state index in [1.165, 1.54) is 5.57 Å². The second kappa shape index (κ2) is 5.28. The van der Waals surface area contributed by atoms with Crippen LogP contribution in [0.4, 0.5) is 0 Å². The normalized spacial score (nSPS) is 29.6. The predicted molar refractivity (Wildman–Crippen MR) is 82.8 cm³/mol. The van der Waals surface area contributed by atoms with Gasteiger partial charge in [-0.3, -0.25) is 0 Å². The van der Waals surface area contributed by atoms with E-state index in [0.717, 1.165) is 30.2 Å². The predicted octanol–water partition coefficient (Wildman–Crippen LogP) is 3.47. The van der Waals surface area contributed by atoms with E-state index in [0.29, 0.717) is 16.7 Å². The second-order valence-corrected chi connectivity index (χ2v) is 8.49. The number of nitrogens with one attached hydrogen (secondary N) is 1. The van der Waals surface area contributed by atoms with Crippen LogP contribution in [0.1, 0.15) is 25.7 Å². The molecule has 2 bridgehead atoms. The zero-order valence-electron chi connectivity index (χ0n) is 11.2. The molecule has 0 saturated heterocycles. The van der Waals surface area contributed by atoms with Crippen molar-refractivity contribution in [3.63, 3.8) is 0 Å². The van der Waals surface area contributed by atoms with Crippen LogP contribution in [0.2, 0.25) is 0 Å².